The first-order valence-corrected chi connectivity index (χ1v) is 19.2. The Morgan fingerprint density at radius 2 is 1.10 bits per heavy atom. The summed E-state index contributed by atoms with van der Waals surface area (Å²) in [6.45, 7) is 12.0. The smallest absolute Gasteiger partial charge is 0.337 e. The number of carbonyl (C=O) groups excluding carboxylic acids is 1. The first kappa shape index (κ1) is 44.7. The molecule has 8 rings (SSSR count). The average molecular weight is 861 g/mol. The number of carboxylic acids is 1. The van der Waals surface area contributed by atoms with Crippen molar-refractivity contribution in [3.63, 3.8) is 0 Å². The van der Waals surface area contributed by atoms with Gasteiger partial charge in [-0.2, -0.15) is 9.97 Å². The fourth-order valence-electron chi connectivity index (χ4n) is 5.42. The highest BCUT2D eigenvalue weighted by Gasteiger charge is 2.27. The van der Waals surface area contributed by atoms with Gasteiger partial charge in [-0.05, 0) is 60.7 Å². The van der Waals surface area contributed by atoms with Crippen LogP contribution in [0.15, 0.2) is 116 Å². The van der Waals surface area contributed by atoms with E-state index in [2.05, 4.69) is 45.5 Å². The highest BCUT2D eigenvalue weighted by Crippen LogP contribution is 2.28. The van der Waals surface area contributed by atoms with Crippen LogP contribution in [0.1, 0.15) is 71.6 Å². The number of nitrogens with two attached hydrogens (primary N) is 1. The SMILES string of the molecule is CC(C)(CN)c1coc(-c2ccc(F)cc2)n1.Cc1nc(-c2cncc(C(=O)NCC(C)(C)c3coc(-c4ccc(F)cc4)n3)c2)no1.Cc1nc(-c2cncc(C(=O)O)c2)no1. The van der Waals surface area contributed by atoms with E-state index in [1.54, 1.807) is 62.9 Å². The topological polar surface area (TPSA) is 248 Å². The lowest BCUT2D eigenvalue weighted by molar-refractivity contribution is 0.0696. The van der Waals surface area contributed by atoms with Gasteiger partial charge in [0, 0.05) is 84.8 Å². The van der Waals surface area contributed by atoms with E-state index in [-0.39, 0.29) is 28.5 Å². The van der Waals surface area contributed by atoms with Crippen molar-refractivity contribution in [1.29, 1.82) is 0 Å². The minimum Gasteiger partial charge on any atom is -0.478 e. The summed E-state index contributed by atoms with van der Waals surface area (Å²) in [7, 11) is 0. The molecular formula is C44H42F2N10O7. The fraction of sp³-hybridized carbons (Fsp3) is 0.227. The minimum absolute atomic E-state index is 0.0925. The van der Waals surface area contributed by atoms with Crippen LogP contribution in [0.5, 0.6) is 0 Å². The van der Waals surface area contributed by atoms with Crippen LogP contribution in [0.4, 0.5) is 8.78 Å². The summed E-state index contributed by atoms with van der Waals surface area (Å²) >= 11 is 0. The van der Waals surface area contributed by atoms with Gasteiger partial charge in [0.1, 0.15) is 24.2 Å². The number of carbonyl (C=O) groups is 2. The molecule has 0 atom stereocenters. The second-order valence-corrected chi connectivity index (χ2v) is 15.2. The molecule has 324 valence electrons. The van der Waals surface area contributed by atoms with Crippen LogP contribution in [0.3, 0.4) is 0 Å². The summed E-state index contributed by atoms with van der Waals surface area (Å²) < 4.78 is 46.6. The third-order valence-corrected chi connectivity index (χ3v) is 9.34. The summed E-state index contributed by atoms with van der Waals surface area (Å²) in [6, 6.07) is 15.0. The van der Waals surface area contributed by atoms with Crippen LogP contribution in [0.2, 0.25) is 0 Å². The fourth-order valence-corrected chi connectivity index (χ4v) is 5.42. The van der Waals surface area contributed by atoms with Gasteiger partial charge in [-0.3, -0.25) is 14.8 Å². The third-order valence-electron chi connectivity index (χ3n) is 9.34. The highest BCUT2D eigenvalue weighted by atomic mass is 19.1. The molecule has 6 aromatic heterocycles. The van der Waals surface area contributed by atoms with E-state index in [9.17, 15) is 18.4 Å². The Morgan fingerprint density at radius 1 is 0.651 bits per heavy atom. The molecule has 0 unspecified atom stereocenters. The first-order chi connectivity index (χ1) is 30.0. The summed E-state index contributed by atoms with van der Waals surface area (Å²) in [5, 5.41) is 19.2. The van der Waals surface area contributed by atoms with Gasteiger partial charge in [0.05, 0.1) is 22.5 Å². The molecule has 0 saturated heterocycles. The third kappa shape index (κ3) is 11.5. The van der Waals surface area contributed by atoms with Crippen molar-refractivity contribution in [2.75, 3.05) is 13.1 Å². The molecule has 0 aliphatic rings. The minimum atomic E-state index is -1.04. The Balaban J connectivity index is 0.000000174. The summed E-state index contributed by atoms with van der Waals surface area (Å²) in [6.07, 6.45) is 8.94. The maximum Gasteiger partial charge on any atom is 0.337 e. The first-order valence-electron chi connectivity index (χ1n) is 19.2. The van der Waals surface area contributed by atoms with Gasteiger partial charge in [0.25, 0.3) is 5.91 Å². The van der Waals surface area contributed by atoms with Crippen molar-refractivity contribution in [3.8, 4) is 45.7 Å². The number of nitrogens with zero attached hydrogens (tertiary/aromatic N) is 8. The second kappa shape index (κ2) is 19.3. The highest BCUT2D eigenvalue weighted by molar-refractivity contribution is 5.95. The van der Waals surface area contributed by atoms with E-state index in [0.717, 1.165) is 11.3 Å². The lowest BCUT2D eigenvalue weighted by atomic mass is 9.90. The molecule has 1 amide bonds. The molecule has 4 N–H and O–H groups in total. The van der Waals surface area contributed by atoms with Gasteiger partial charge in [0.2, 0.25) is 35.2 Å². The van der Waals surface area contributed by atoms with Crippen LogP contribution < -0.4 is 11.1 Å². The zero-order chi connectivity index (χ0) is 45.3. The van der Waals surface area contributed by atoms with E-state index in [1.165, 1.54) is 48.9 Å². The molecule has 8 aromatic rings. The molecule has 19 heteroatoms. The number of rotatable bonds is 11. The standard InChI is InChI=1S/C22H20FN5O3.C13H15FN2O.C9H7N3O3/c1-13-26-19(28-31-13)15-8-16(10-24-9-15)20(29)25-12-22(2,3)18-11-30-21(27-18)14-4-6-17(23)7-5-14;1-13(2,8-15)11-7-17-12(16-11)9-3-5-10(14)6-4-9;1-5-11-8(12-15-5)6-2-7(9(13)14)4-10-3-6/h4-11H,12H2,1-3H3,(H,25,29);3-7H,8,15H2,1-2H3;2-4H,1H3,(H,13,14). The van der Waals surface area contributed by atoms with Crippen LogP contribution in [0, 0.1) is 25.5 Å². The molecule has 0 fully saturated rings. The number of amides is 1. The Labute approximate surface area is 358 Å². The number of nitrogens with one attached hydrogen (secondary N) is 1. The molecule has 63 heavy (non-hydrogen) atoms. The molecule has 0 aliphatic heterocycles. The van der Waals surface area contributed by atoms with Gasteiger partial charge < -0.3 is 34.0 Å². The number of pyridine rings is 2. The van der Waals surface area contributed by atoms with Crippen molar-refractivity contribution < 1.29 is 41.4 Å². The van der Waals surface area contributed by atoms with Gasteiger partial charge in [0.15, 0.2) is 0 Å². The van der Waals surface area contributed by atoms with E-state index in [0.29, 0.717) is 76.2 Å². The van der Waals surface area contributed by atoms with Gasteiger partial charge >= 0.3 is 5.97 Å². The van der Waals surface area contributed by atoms with Crippen molar-refractivity contribution in [2.45, 2.75) is 52.4 Å². The van der Waals surface area contributed by atoms with E-state index >= 15 is 0 Å². The molecule has 0 spiro atoms. The second-order valence-electron chi connectivity index (χ2n) is 15.2. The van der Waals surface area contributed by atoms with Crippen LogP contribution in [0.25, 0.3) is 45.7 Å². The molecule has 17 nitrogen and oxygen atoms in total. The number of carboxylic acid groups (broad SMARTS) is 1. The molecule has 0 aliphatic carbocycles. The molecule has 0 radical (unpaired) electrons. The maximum atomic E-state index is 13.1. The van der Waals surface area contributed by atoms with Crippen LogP contribution in [-0.2, 0) is 10.8 Å². The van der Waals surface area contributed by atoms with Gasteiger partial charge in [-0.15, -0.1) is 0 Å². The maximum absolute atomic E-state index is 13.1. The summed E-state index contributed by atoms with van der Waals surface area (Å²) in [5.41, 5.74) is 9.43. The Bertz CT molecular complexity index is 2800. The quantitative estimate of drug-likeness (QED) is 0.112. The van der Waals surface area contributed by atoms with Crippen LogP contribution in [-0.4, -0.2) is 70.3 Å². The van der Waals surface area contributed by atoms with Crippen LogP contribution >= 0.6 is 0 Å². The van der Waals surface area contributed by atoms with Crippen molar-refractivity contribution in [1.82, 2.24) is 45.5 Å². The number of benzene rings is 2. The molecule has 6 heterocycles. The number of aromatic carboxylic acids is 1. The molecule has 2 aromatic carbocycles. The lowest BCUT2D eigenvalue weighted by Gasteiger charge is -2.22. The summed E-state index contributed by atoms with van der Waals surface area (Å²) in [5.74, 6) is 0.510. The summed E-state index contributed by atoms with van der Waals surface area (Å²) in [4.78, 5) is 48.3. The monoisotopic (exact) mass is 860 g/mol. The lowest BCUT2D eigenvalue weighted by Crippen LogP contribution is -2.37. The number of aryl methyl sites for hydroxylation is 2. The van der Waals surface area contributed by atoms with Gasteiger partial charge in [-0.1, -0.05) is 38.0 Å². The number of halogens is 2. The Hall–Kier alpha value is -7.80. The zero-order valence-corrected chi connectivity index (χ0v) is 35.0. The zero-order valence-electron chi connectivity index (χ0n) is 35.0. The number of oxazole rings is 2. The Morgan fingerprint density at radius 3 is 1.52 bits per heavy atom. The molecule has 0 bridgehead atoms. The molecule has 0 saturated carbocycles. The Kier molecular flexibility index (Phi) is 13.7. The number of hydrogen-bond acceptors (Lipinski definition) is 15. The predicted molar refractivity (Wildman–Crippen MR) is 223 cm³/mol. The largest absolute Gasteiger partial charge is 0.478 e. The van der Waals surface area contributed by atoms with Crippen molar-refractivity contribution in [3.05, 3.63) is 144 Å². The average Bonchev–Trinajstić information content (AvgIpc) is 4.13. The van der Waals surface area contributed by atoms with E-state index in [1.807, 2.05) is 27.7 Å². The van der Waals surface area contributed by atoms with Crippen molar-refractivity contribution in [2.24, 2.45) is 5.73 Å². The van der Waals surface area contributed by atoms with Crippen molar-refractivity contribution >= 4 is 11.9 Å². The number of hydrogen-bond donors (Lipinski definition) is 3. The normalized spacial score (nSPS) is 11.3. The molecular weight excluding hydrogens is 819 g/mol. The number of aromatic nitrogens is 8. The van der Waals surface area contributed by atoms with Gasteiger partial charge in [-0.25, -0.2) is 23.5 Å². The van der Waals surface area contributed by atoms with E-state index in [4.69, 9.17) is 28.7 Å². The van der Waals surface area contributed by atoms with E-state index < -0.39 is 11.4 Å². The predicted octanol–water partition coefficient (Wildman–Crippen LogP) is 7.80.